The predicted molar refractivity (Wildman–Crippen MR) is 109 cm³/mol. The van der Waals surface area contributed by atoms with Gasteiger partial charge in [-0.15, -0.1) is 0 Å². The molecular formula is C23H18F4N4O4. The first-order valence-electron chi connectivity index (χ1n) is 10.7. The van der Waals surface area contributed by atoms with Gasteiger partial charge in [-0.2, -0.15) is 27.8 Å². The van der Waals surface area contributed by atoms with Crippen LogP contribution in [0.15, 0.2) is 30.7 Å². The summed E-state index contributed by atoms with van der Waals surface area (Å²) in [5.41, 5.74) is -4.35. The van der Waals surface area contributed by atoms with Crippen LogP contribution in [0, 0.1) is 34.9 Å². The highest BCUT2D eigenvalue weighted by Crippen LogP contribution is 2.63. The Bertz CT molecular complexity index is 1300. The SMILES string of the molecule is CC12C[C@@H](COc3ncncc3F)C(C)(O1)[C@@H]1C(=O)N(c3ccc(C#N)c(C(F)(F)F)c3)C(=O)[C@@H]12. The molecule has 3 aliphatic rings. The Kier molecular flexibility index (Phi) is 4.93. The number of hydrogen-bond acceptors (Lipinski definition) is 7. The minimum absolute atomic E-state index is 0.0558. The number of hydrogen-bond donors (Lipinski definition) is 0. The maximum Gasteiger partial charge on any atom is 0.417 e. The summed E-state index contributed by atoms with van der Waals surface area (Å²) < 4.78 is 66.0. The van der Waals surface area contributed by atoms with E-state index < -0.39 is 63.9 Å². The average Bonchev–Trinajstić information content (AvgIpc) is 3.32. The fourth-order valence-corrected chi connectivity index (χ4v) is 5.76. The Morgan fingerprint density at radius 2 is 1.97 bits per heavy atom. The number of nitriles is 1. The summed E-state index contributed by atoms with van der Waals surface area (Å²) in [6, 6.07) is 4.21. The van der Waals surface area contributed by atoms with Crippen LogP contribution in [0.1, 0.15) is 31.4 Å². The molecule has 12 heteroatoms. The summed E-state index contributed by atoms with van der Waals surface area (Å²) >= 11 is 0. The summed E-state index contributed by atoms with van der Waals surface area (Å²) in [5.74, 6) is -4.68. The van der Waals surface area contributed by atoms with E-state index in [0.29, 0.717) is 12.5 Å². The van der Waals surface area contributed by atoms with Crippen LogP contribution < -0.4 is 9.64 Å². The number of benzene rings is 1. The number of halogens is 4. The van der Waals surface area contributed by atoms with E-state index in [0.717, 1.165) is 29.6 Å². The Hall–Kier alpha value is -3.59. The van der Waals surface area contributed by atoms with Gasteiger partial charge in [0.05, 0.1) is 58.7 Å². The zero-order chi connectivity index (χ0) is 25.3. The molecule has 5 rings (SSSR count). The lowest BCUT2D eigenvalue weighted by Crippen LogP contribution is -2.48. The molecule has 2 bridgehead atoms. The molecular weight excluding hydrogens is 472 g/mol. The monoisotopic (exact) mass is 490 g/mol. The molecule has 0 N–H and O–H groups in total. The molecule has 1 aromatic heterocycles. The van der Waals surface area contributed by atoms with Crippen LogP contribution in [0.5, 0.6) is 5.88 Å². The molecule has 3 fully saturated rings. The van der Waals surface area contributed by atoms with E-state index in [9.17, 15) is 27.2 Å². The number of fused-ring (bicyclic) bond motifs is 5. The van der Waals surface area contributed by atoms with Crippen LogP contribution in [0.4, 0.5) is 23.2 Å². The average molecular weight is 490 g/mol. The highest BCUT2D eigenvalue weighted by Gasteiger charge is 2.75. The zero-order valence-corrected chi connectivity index (χ0v) is 18.5. The Morgan fingerprint density at radius 1 is 1.26 bits per heavy atom. The van der Waals surface area contributed by atoms with Gasteiger partial charge < -0.3 is 9.47 Å². The van der Waals surface area contributed by atoms with Gasteiger partial charge in [0.15, 0.2) is 0 Å². The number of rotatable bonds is 4. The molecule has 2 unspecified atom stereocenters. The first kappa shape index (κ1) is 23.2. The van der Waals surface area contributed by atoms with Gasteiger partial charge in [0.25, 0.3) is 5.88 Å². The van der Waals surface area contributed by atoms with Crippen molar-refractivity contribution in [1.29, 1.82) is 5.26 Å². The van der Waals surface area contributed by atoms with Crippen LogP contribution in [-0.4, -0.2) is 39.6 Å². The molecule has 35 heavy (non-hydrogen) atoms. The standard InChI is InChI=1S/C23H18F4N4O4/c1-21-6-12(9-34-18-15(24)8-29-10-30-18)22(2,35-21)17-16(21)19(32)31(20(17)33)13-4-3-11(7-28)14(5-13)23(25,26)27/h3-5,8,10,12,16-17H,6,9H2,1-2H3/t12-,16+,17-,21?,22?/m0/s1. The van der Waals surface area contributed by atoms with Crippen molar-refractivity contribution in [2.45, 2.75) is 37.6 Å². The molecule has 1 aromatic carbocycles. The van der Waals surface area contributed by atoms with Gasteiger partial charge in [-0.25, -0.2) is 9.88 Å². The fraction of sp³-hybridized carbons (Fsp3) is 0.435. The van der Waals surface area contributed by atoms with E-state index in [4.69, 9.17) is 14.7 Å². The molecule has 4 heterocycles. The predicted octanol–water partition coefficient (Wildman–Crippen LogP) is 3.26. The number of anilines is 1. The summed E-state index contributed by atoms with van der Waals surface area (Å²) in [5, 5.41) is 9.04. The number of alkyl halides is 3. The first-order chi connectivity index (χ1) is 16.4. The lowest BCUT2D eigenvalue weighted by Gasteiger charge is -2.35. The summed E-state index contributed by atoms with van der Waals surface area (Å²) in [7, 11) is 0. The van der Waals surface area contributed by atoms with Crippen molar-refractivity contribution in [3.8, 4) is 11.9 Å². The molecule has 0 spiro atoms. The van der Waals surface area contributed by atoms with Crippen LogP contribution in [0.2, 0.25) is 0 Å². The third-order valence-corrected chi connectivity index (χ3v) is 7.24. The fourth-order valence-electron chi connectivity index (χ4n) is 5.76. The van der Waals surface area contributed by atoms with E-state index in [1.807, 2.05) is 0 Å². The van der Waals surface area contributed by atoms with Crippen molar-refractivity contribution < 1.29 is 36.6 Å². The largest absolute Gasteiger partial charge is 0.475 e. The quantitative estimate of drug-likeness (QED) is 0.479. The Balaban J connectivity index is 1.47. The molecule has 0 saturated carbocycles. The molecule has 182 valence electrons. The lowest BCUT2D eigenvalue weighted by molar-refractivity contribution is -0.138. The van der Waals surface area contributed by atoms with E-state index in [1.54, 1.807) is 13.8 Å². The lowest BCUT2D eigenvalue weighted by atomic mass is 9.64. The minimum Gasteiger partial charge on any atom is -0.475 e. The van der Waals surface area contributed by atoms with Gasteiger partial charge in [-0.1, -0.05) is 0 Å². The van der Waals surface area contributed by atoms with Crippen molar-refractivity contribution in [3.63, 3.8) is 0 Å². The highest BCUT2D eigenvalue weighted by atomic mass is 19.4. The number of nitrogens with zero attached hydrogens (tertiary/aromatic N) is 4. The van der Waals surface area contributed by atoms with Gasteiger partial charge in [0.2, 0.25) is 17.6 Å². The number of ether oxygens (including phenoxy) is 2. The highest BCUT2D eigenvalue weighted by molar-refractivity contribution is 6.23. The van der Waals surface area contributed by atoms with Crippen molar-refractivity contribution in [1.82, 2.24) is 9.97 Å². The summed E-state index contributed by atoms with van der Waals surface area (Å²) in [4.78, 5) is 34.9. The normalized spacial score (nSPS) is 31.6. The topological polar surface area (TPSA) is 105 Å². The van der Waals surface area contributed by atoms with E-state index >= 15 is 0 Å². The van der Waals surface area contributed by atoms with Crippen molar-refractivity contribution >= 4 is 17.5 Å². The molecule has 8 nitrogen and oxygen atoms in total. The van der Waals surface area contributed by atoms with Crippen LogP contribution in [0.3, 0.4) is 0 Å². The van der Waals surface area contributed by atoms with Gasteiger partial charge in [-0.05, 0) is 38.5 Å². The molecule has 3 saturated heterocycles. The third-order valence-electron chi connectivity index (χ3n) is 7.24. The summed E-state index contributed by atoms with van der Waals surface area (Å²) in [6.07, 6.45) is -2.46. The smallest absolute Gasteiger partial charge is 0.417 e. The molecule has 2 amide bonds. The molecule has 5 atom stereocenters. The number of carbonyl (C=O) groups is 2. The first-order valence-corrected chi connectivity index (χ1v) is 10.7. The number of amides is 2. The second kappa shape index (κ2) is 7.45. The van der Waals surface area contributed by atoms with Crippen LogP contribution in [-0.2, 0) is 20.5 Å². The maximum absolute atomic E-state index is 13.9. The number of imide groups is 1. The maximum atomic E-state index is 13.9. The second-order valence-electron chi connectivity index (χ2n) is 9.29. The third kappa shape index (κ3) is 3.29. The van der Waals surface area contributed by atoms with Crippen LogP contribution in [0.25, 0.3) is 0 Å². The van der Waals surface area contributed by atoms with Gasteiger partial charge >= 0.3 is 6.18 Å². The van der Waals surface area contributed by atoms with Crippen molar-refractivity contribution in [3.05, 3.63) is 47.7 Å². The van der Waals surface area contributed by atoms with Gasteiger partial charge in [-0.3, -0.25) is 9.59 Å². The van der Waals surface area contributed by atoms with Crippen LogP contribution >= 0.6 is 0 Å². The number of aromatic nitrogens is 2. The molecule has 3 aliphatic heterocycles. The second-order valence-corrected chi connectivity index (χ2v) is 9.29. The zero-order valence-electron chi connectivity index (χ0n) is 18.5. The van der Waals surface area contributed by atoms with E-state index in [2.05, 4.69) is 9.97 Å². The molecule has 2 aromatic rings. The Morgan fingerprint density at radius 3 is 2.63 bits per heavy atom. The van der Waals surface area contributed by atoms with E-state index in [-0.39, 0.29) is 18.2 Å². The Labute approximate surface area is 196 Å². The van der Waals surface area contributed by atoms with Gasteiger partial charge in [0.1, 0.15) is 6.33 Å². The minimum atomic E-state index is -4.85. The molecule has 0 radical (unpaired) electrons. The van der Waals surface area contributed by atoms with Gasteiger partial charge in [0, 0.05) is 5.92 Å². The van der Waals surface area contributed by atoms with Crippen molar-refractivity contribution in [2.24, 2.45) is 17.8 Å². The summed E-state index contributed by atoms with van der Waals surface area (Å²) in [6.45, 7) is 3.28. The van der Waals surface area contributed by atoms with E-state index in [1.165, 1.54) is 6.07 Å². The molecule has 0 aliphatic carbocycles. The number of carbonyl (C=O) groups excluding carboxylic acids is 2. The van der Waals surface area contributed by atoms with Crippen molar-refractivity contribution in [2.75, 3.05) is 11.5 Å².